The van der Waals surface area contributed by atoms with E-state index in [1.165, 1.54) is 0 Å². The Morgan fingerprint density at radius 2 is 2.05 bits per heavy atom. The molecule has 0 aromatic carbocycles. The zero-order valence-corrected chi connectivity index (χ0v) is 12.5. The van der Waals surface area contributed by atoms with Crippen LogP contribution in [0.2, 0.25) is 0 Å². The number of hydrogen-bond acceptors (Lipinski definition) is 4. The van der Waals surface area contributed by atoms with Gasteiger partial charge in [0.2, 0.25) is 0 Å². The van der Waals surface area contributed by atoms with Gasteiger partial charge in [-0.2, -0.15) is 4.98 Å². The molecule has 0 amide bonds. The van der Waals surface area contributed by atoms with Crippen molar-refractivity contribution >= 4 is 5.97 Å². The number of aliphatic carboxylic acids is 1. The Labute approximate surface area is 118 Å². The summed E-state index contributed by atoms with van der Waals surface area (Å²) in [5.74, 6) is -0.857. The molecule has 1 aromatic heterocycles. The molecule has 0 unspecified atom stereocenters. The van der Waals surface area contributed by atoms with Crippen LogP contribution >= 0.6 is 0 Å². The maximum atomic E-state index is 11.9. The molecule has 6 heteroatoms. The molecular weight excluding hydrogens is 260 g/mol. The first kappa shape index (κ1) is 16.4. The minimum Gasteiger partial charge on any atom is -0.481 e. The lowest BCUT2D eigenvalue weighted by atomic mass is 10.1. The van der Waals surface area contributed by atoms with Crippen molar-refractivity contribution in [2.24, 2.45) is 0 Å². The Hall–Kier alpha value is -1.69. The van der Waals surface area contributed by atoms with Crippen molar-refractivity contribution in [2.75, 3.05) is 6.61 Å². The normalized spacial score (nSPS) is 11.1. The van der Waals surface area contributed by atoms with E-state index in [2.05, 4.69) is 4.98 Å². The van der Waals surface area contributed by atoms with Crippen LogP contribution in [0.3, 0.4) is 0 Å². The second kappa shape index (κ2) is 7.19. The van der Waals surface area contributed by atoms with Gasteiger partial charge in [-0.3, -0.25) is 9.36 Å². The summed E-state index contributed by atoms with van der Waals surface area (Å²) >= 11 is 0. The molecule has 0 aliphatic rings. The molecule has 0 fully saturated rings. The fraction of sp³-hybridized carbons (Fsp3) is 0.643. The fourth-order valence-corrected chi connectivity index (χ4v) is 2.08. The fourth-order valence-electron chi connectivity index (χ4n) is 2.08. The lowest BCUT2D eigenvalue weighted by Crippen LogP contribution is -2.30. The van der Waals surface area contributed by atoms with E-state index >= 15 is 0 Å². The van der Waals surface area contributed by atoms with Gasteiger partial charge in [0.25, 0.3) is 0 Å². The molecule has 112 valence electrons. The Bertz CT molecular complexity index is 535. The van der Waals surface area contributed by atoms with Crippen molar-refractivity contribution in [3.63, 3.8) is 0 Å². The van der Waals surface area contributed by atoms with Gasteiger partial charge in [0.1, 0.15) is 0 Å². The van der Waals surface area contributed by atoms with Crippen molar-refractivity contribution < 1.29 is 14.6 Å². The first-order valence-electron chi connectivity index (χ1n) is 6.73. The SMILES string of the molecule is Cc1nc(=O)n(CCOC(C)C)c(C)c1CCC(=O)O. The highest BCUT2D eigenvalue weighted by molar-refractivity contribution is 5.67. The third-order valence-corrected chi connectivity index (χ3v) is 3.13. The largest absolute Gasteiger partial charge is 0.481 e. The van der Waals surface area contributed by atoms with Gasteiger partial charge in [0.05, 0.1) is 19.3 Å². The molecule has 1 aromatic rings. The number of aryl methyl sites for hydroxylation is 1. The first-order chi connectivity index (χ1) is 9.32. The average Bonchev–Trinajstić information content (AvgIpc) is 2.32. The molecule has 0 bridgehead atoms. The molecule has 0 radical (unpaired) electrons. The van der Waals surface area contributed by atoms with E-state index < -0.39 is 5.97 Å². The summed E-state index contributed by atoms with van der Waals surface area (Å²) in [7, 11) is 0. The predicted octanol–water partition coefficient (Wildman–Crippen LogP) is 1.30. The van der Waals surface area contributed by atoms with Gasteiger partial charge in [0.15, 0.2) is 0 Å². The Kier molecular flexibility index (Phi) is 5.88. The third-order valence-electron chi connectivity index (χ3n) is 3.13. The van der Waals surface area contributed by atoms with Crippen LogP contribution in [0.25, 0.3) is 0 Å². The minimum absolute atomic E-state index is 0.0318. The van der Waals surface area contributed by atoms with Crippen LogP contribution in [0.5, 0.6) is 0 Å². The predicted molar refractivity (Wildman–Crippen MR) is 75.0 cm³/mol. The van der Waals surface area contributed by atoms with Crippen molar-refractivity contribution in [2.45, 2.75) is 53.2 Å². The van der Waals surface area contributed by atoms with Gasteiger partial charge in [-0.05, 0) is 39.7 Å². The lowest BCUT2D eigenvalue weighted by molar-refractivity contribution is -0.136. The quantitative estimate of drug-likeness (QED) is 0.815. The highest BCUT2D eigenvalue weighted by atomic mass is 16.5. The highest BCUT2D eigenvalue weighted by Crippen LogP contribution is 2.12. The van der Waals surface area contributed by atoms with Gasteiger partial charge in [0, 0.05) is 17.8 Å². The van der Waals surface area contributed by atoms with Crippen molar-refractivity contribution in [3.05, 3.63) is 27.4 Å². The number of carbonyl (C=O) groups is 1. The zero-order chi connectivity index (χ0) is 15.3. The number of carboxylic acids is 1. The van der Waals surface area contributed by atoms with Crippen LogP contribution in [-0.2, 0) is 22.5 Å². The van der Waals surface area contributed by atoms with Crippen LogP contribution in [0.15, 0.2) is 4.79 Å². The van der Waals surface area contributed by atoms with E-state index in [0.717, 1.165) is 11.3 Å². The van der Waals surface area contributed by atoms with Gasteiger partial charge in [-0.15, -0.1) is 0 Å². The van der Waals surface area contributed by atoms with E-state index in [1.807, 2.05) is 20.8 Å². The molecule has 1 N–H and O–H groups in total. The molecule has 6 nitrogen and oxygen atoms in total. The molecule has 0 saturated carbocycles. The molecular formula is C14H22N2O4. The number of rotatable bonds is 7. The summed E-state index contributed by atoms with van der Waals surface area (Å²) in [6, 6.07) is 0. The summed E-state index contributed by atoms with van der Waals surface area (Å²) in [5.41, 5.74) is 1.90. The number of nitrogens with zero attached hydrogens (tertiary/aromatic N) is 2. The van der Waals surface area contributed by atoms with Crippen LogP contribution < -0.4 is 5.69 Å². The summed E-state index contributed by atoms with van der Waals surface area (Å²) < 4.78 is 6.99. The number of ether oxygens (including phenoxy) is 1. The van der Waals surface area contributed by atoms with E-state index in [9.17, 15) is 9.59 Å². The van der Waals surface area contributed by atoms with Crippen molar-refractivity contribution in [1.82, 2.24) is 9.55 Å². The Morgan fingerprint density at radius 3 is 2.60 bits per heavy atom. The third kappa shape index (κ3) is 4.45. The Balaban J connectivity index is 2.96. The van der Waals surface area contributed by atoms with E-state index in [4.69, 9.17) is 9.84 Å². The second-order valence-electron chi connectivity index (χ2n) is 5.01. The molecule has 0 aliphatic heterocycles. The van der Waals surface area contributed by atoms with Crippen LogP contribution in [0.1, 0.15) is 37.2 Å². The summed E-state index contributed by atoms with van der Waals surface area (Å²) in [6.45, 7) is 8.28. The topological polar surface area (TPSA) is 81.4 Å². The molecule has 0 saturated heterocycles. The molecule has 0 spiro atoms. The Morgan fingerprint density at radius 1 is 1.40 bits per heavy atom. The van der Waals surface area contributed by atoms with Gasteiger partial charge in [-0.1, -0.05) is 0 Å². The first-order valence-corrected chi connectivity index (χ1v) is 6.73. The molecule has 20 heavy (non-hydrogen) atoms. The monoisotopic (exact) mass is 282 g/mol. The molecule has 1 heterocycles. The highest BCUT2D eigenvalue weighted by Gasteiger charge is 2.12. The van der Waals surface area contributed by atoms with Crippen LogP contribution in [-0.4, -0.2) is 33.3 Å². The molecule has 1 rings (SSSR count). The average molecular weight is 282 g/mol. The lowest BCUT2D eigenvalue weighted by Gasteiger charge is -2.16. The smallest absolute Gasteiger partial charge is 0.348 e. The van der Waals surface area contributed by atoms with Gasteiger partial charge in [-0.25, -0.2) is 4.79 Å². The van der Waals surface area contributed by atoms with E-state index in [1.54, 1.807) is 11.5 Å². The van der Waals surface area contributed by atoms with Gasteiger partial charge >= 0.3 is 11.7 Å². The minimum atomic E-state index is -0.857. The van der Waals surface area contributed by atoms with Crippen LogP contribution in [0, 0.1) is 13.8 Å². The second-order valence-corrected chi connectivity index (χ2v) is 5.01. The number of aromatic nitrogens is 2. The summed E-state index contributed by atoms with van der Waals surface area (Å²) in [6.07, 6.45) is 0.519. The standard InChI is InChI=1S/C14H22N2O4/c1-9(2)20-8-7-16-11(4)12(5-6-13(17)18)10(3)15-14(16)19/h9H,5-8H2,1-4H3,(H,17,18). The maximum Gasteiger partial charge on any atom is 0.348 e. The van der Waals surface area contributed by atoms with Crippen molar-refractivity contribution in [3.8, 4) is 0 Å². The van der Waals surface area contributed by atoms with Crippen molar-refractivity contribution in [1.29, 1.82) is 0 Å². The number of hydrogen-bond donors (Lipinski definition) is 1. The maximum absolute atomic E-state index is 11.9. The molecule has 0 atom stereocenters. The summed E-state index contributed by atoms with van der Waals surface area (Å²) in [5, 5.41) is 8.77. The van der Waals surface area contributed by atoms with Crippen LogP contribution in [0.4, 0.5) is 0 Å². The molecule has 0 aliphatic carbocycles. The summed E-state index contributed by atoms with van der Waals surface area (Å²) in [4.78, 5) is 26.6. The number of carboxylic acid groups (broad SMARTS) is 1. The van der Waals surface area contributed by atoms with Gasteiger partial charge < -0.3 is 9.84 Å². The zero-order valence-electron chi connectivity index (χ0n) is 12.5. The van der Waals surface area contributed by atoms with E-state index in [-0.39, 0.29) is 18.2 Å². The van der Waals surface area contributed by atoms with E-state index in [0.29, 0.717) is 25.3 Å².